The van der Waals surface area contributed by atoms with Gasteiger partial charge in [0.25, 0.3) is 5.56 Å². The SMILES string of the molecule is CCCCn1c(=O)[nH]c(=O)c2c1nc(Cn1nnc(-c3ccc(F)c(C)c3)n1)n2CC. The first kappa shape index (κ1) is 20.6. The number of imidazole rings is 1. The molecule has 0 radical (unpaired) electrons. The predicted octanol–water partition coefficient (Wildman–Crippen LogP) is 1.86. The first-order valence-corrected chi connectivity index (χ1v) is 10.2. The minimum absolute atomic E-state index is 0.164. The predicted molar refractivity (Wildman–Crippen MR) is 112 cm³/mol. The Hall–Kier alpha value is -3.63. The number of H-pyrrole nitrogens is 1. The zero-order valence-electron chi connectivity index (χ0n) is 17.6. The third-order valence-corrected chi connectivity index (χ3v) is 5.17. The number of hydrogen-bond donors (Lipinski definition) is 1. The lowest BCUT2D eigenvalue weighted by Crippen LogP contribution is -2.31. The maximum atomic E-state index is 13.5. The Bertz CT molecular complexity index is 1360. The van der Waals surface area contributed by atoms with Crippen LogP contribution in [0.5, 0.6) is 0 Å². The molecule has 0 aliphatic carbocycles. The Morgan fingerprint density at radius 2 is 1.97 bits per heavy atom. The number of benzene rings is 1. The third-order valence-electron chi connectivity index (χ3n) is 5.17. The van der Waals surface area contributed by atoms with Crippen LogP contribution >= 0.6 is 0 Å². The molecule has 162 valence electrons. The zero-order chi connectivity index (χ0) is 22.1. The molecule has 0 fully saturated rings. The summed E-state index contributed by atoms with van der Waals surface area (Å²) in [7, 11) is 0. The van der Waals surface area contributed by atoms with E-state index in [1.54, 1.807) is 23.6 Å². The van der Waals surface area contributed by atoms with Crippen molar-refractivity contribution in [1.29, 1.82) is 0 Å². The summed E-state index contributed by atoms with van der Waals surface area (Å²) >= 11 is 0. The highest BCUT2D eigenvalue weighted by Gasteiger charge is 2.19. The molecule has 0 spiro atoms. The second-order valence-corrected chi connectivity index (χ2v) is 7.32. The molecule has 0 saturated carbocycles. The summed E-state index contributed by atoms with van der Waals surface area (Å²) in [5.74, 6) is 0.602. The van der Waals surface area contributed by atoms with E-state index in [9.17, 15) is 14.0 Å². The minimum Gasteiger partial charge on any atom is -0.321 e. The highest BCUT2D eigenvalue weighted by Crippen LogP contribution is 2.18. The summed E-state index contributed by atoms with van der Waals surface area (Å²) in [4.78, 5) is 33.2. The van der Waals surface area contributed by atoms with Crippen LogP contribution in [0.1, 0.15) is 38.1 Å². The van der Waals surface area contributed by atoms with Gasteiger partial charge in [-0.2, -0.15) is 4.80 Å². The second kappa shape index (κ2) is 8.25. The Morgan fingerprint density at radius 3 is 2.68 bits per heavy atom. The molecule has 4 aromatic rings. The van der Waals surface area contributed by atoms with E-state index >= 15 is 0 Å². The van der Waals surface area contributed by atoms with Gasteiger partial charge in [0, 0.05) is 18.7 Å². The van der Waals surface area contributed by atoms with Crippen molar-refractivity contribution in [2.45, 2.75) is 53.2 Å². The van der Waals surface area contributed by atoms with E-state index < -0.39 is 11.2 Å². The Morgan fingerprint density at radius 1 is 1.16 bits per heavy atom. The van der Waals surface area contributed by atoms with E-state index in [4.69, 9.17) is 0 Å². The average molecular weight is 426 g/mol. The number of aromatic nitrogens is 8. The van der Waals surface area contributed by atoms with Gasteiger partial charge in [-0.25, -0.2) is 14.2 Å². The van der Waals surface area contributed by atoms with Gasteiger partial charge in [-0.05, 0) is 49.2 Å². The molecule has 0 aliphatic heterocycles. The smallest absolute Gasteiger partial charge is 0.321 e. The van der Waals surface area contributed by atoms with Crippen molar-refractivity contribution in [1.82, 2.24) is 39.3 Å². The molecular formula is C20H23FN8O2. The molecule has 0 saturated heterocycles. The van der Waals surface area contributed by atoms with Crippen LogP contribution in [0.4, 0.5) is 4.39 Å². The van der Waals surface area contributed by atoms with Crippen LogP contribution in [0.15, 0.2) is 27.8 Å². The lowest BCUT2D eigenvalue weighted by atomic mass is 10.1. The maximum absolute atomic E-state index is 13.5. The maximum Gasteiger partial charge on any atom is 0.330 e. The van der Waals surface area contributed by atoms with Crippen LogP contribution in [-0.4, -0.2) is 39.3 Å². The summed E-state index contributed by atoms with van der Waals surface area (Å²) in [5, 5.41) is 12.5. The first-order chi connectivity index (χ1) is 14.9. The molecule has 0 aliphatic rings. The van der Waals surface area contributed by atoms with Gasteiger partial charge >= 0.3 is 5.69 Å². The number of nitrogens with zero attached hydrogens (tertiary/aromatic N) is 7. The lowest BCUT2D eigenvalue weighted by Gasteiger charge is -2.06. The molecule has 0 atom stereocenters. The van der Waals surface area contributed by atoms with Gasteiger partial charge in [-0.15, -0.1) is 10.2 Å². The summed E-state index contributed by atoms with van der Waals surface area (Å²) in [6.45, 7) is 6.71. The van der Waals surface area contributed by atoms with E-state index in [1.165, 1.54) is 15.4 Å². The number of unbranched alkanes of at least 4 members (excludes halogenated alkanes) is 1. The average Bonchev–Trinajstić information content (AvgIpc) is 3.35. The normalized spacial score (nSPS) is 11.5. The van der Waals surface area contributed by atoms with Gasteiger partial charge in [-0.1, -0.05) is 13.3 Å². The van der Waals surface area contributed by atoms with Gasteiger partial charge in [0.05, 0.1) is 0 Å². The fraction of sp³-hybridized carbons (Fsp3) is 0.400. The number of tetrazole rings is 1. The molecule has 11 heteroatoms. The second-order valence-electron chi connectivity index (χ2n) is 7.32. The van der Waals surface area contributed by atoms with E-state index in [1.807, 2.05) is 13.8 Å². The number of nitrogens with one attached hydrogen (secondary N) is 1. The molecule has 0 bridgehead atoms. The van der Waals surface area contributed by atoms with Crippen LogP contribution in [0, 0.1) is 12.7 Å². The topological polar surface area (TPSA) is 116 Å². The molecule has 10 nitrogen and oxygen atoms in total. The van der Waals surface area contributed by atoms with Crippen molar-refractivity contribution < 1.29 is 4.39 Å². The molecule has 0 amide bonds. The molecule has 31 heavy (non-hydrogen) atoms. The number of rotatable bonds is 7. The number of fused-ring (bicyclic) bond motifs is 1. The van der Waals surface area contributed by atoms with Crippen molar-refractivity contribution in [2.75, 3.05) is 0 Å². The van der Waals surface area contributed by atoms with Crippen molar-refractivity contribution in [3.63, 3.8) is 0 Å². The molecular weight excluding hydrogens is 403 g/mol. The van der Waals surface area contributed by atoms with Crippen LogP contribution in [0.2, 0.25) is 0 Å². The van der Waals surface area contributed by atoms with E-state index in [-0.39, 0.29) is 12.4 Å². The zero-order valence-corrected chi connectivity index (χ0v) is 17.6. The number of aryl methyl sites for hydroxylation is 3. The molecule has 4 rings (SSSR count). The van der Waals surface area contributed by atoms with Crippen LogP contribution in [0.3, 0.4) is 0 Å². The van der Waals surface area contributed by atoms with E-state index in [0.717, 1.165) is 12.8 Å². The number of halogens is 1. The van der Waals surface area contributed by atoms with E-state index in [0.29, 0.717) is 47.0 Å². The quantitative estimate of drug-likeness (QED) is 0.482. The summed E-state index contributed by atoms with van der Waals surface area (Å²) in [5.41, 5.74) is 0.912. The number of hydrogen-bond acceptors (Lipinski definition) is 6. The molecule has 3 heterocycles. The molecule has 3 aromatic heterocycles. The Kier molecular flexibility index (Phi) is 5.49. The Balaban J connectivity index is 1.74. The Labute approximate surface area is 176 Å². The van der Waals surface area contributed by atoms with Crippen molar-refractivity contribution >= 4 is 11.2 Å². The fourth-order valence-electron chi connectivity index (χ4n) is 3.54. The molecule has 1 N–H and O–H groups in total. The third kappa shape index (κ3) is 3.78. The highest BCUT2D eigenvalue weighted by atomic mass is 19.1. The highest BCUT2D eigenvalue weighted by molar-refractivity contribution is 5.71. The van der Waals surface area contributed by atoms with Gasteiger partial charge in [0.2, 0.25) is 5.82 Å². The monoisotopic (exact) mass is 426 g/mol. The summed E-state index contributed by atoms with van der Waals surface area (Å²) < 4.78 is 16.8. The molecule has 1 aromatic carbocycles. The largest absolute Gasteiger partial charge is 0.330 e. The van der Waals surface area contributed by atoms with Gasteiger partial charge < -0.3 is 4.57 Å². The summed E-state index contributed by atoms with van der Waals surface area (Å²) in [6.07, 6.45) is 1.70. The van der Waals surface area contributed by atoms with Gasteiger partial charge in [-0.3, -0.25) is 14.3 Å². The van der Waals surface area contributed by atoms with Crippen LogP contribution in [0.25, 0.3) is 22.6 Å². The van der Waals surface area contributed by atoms with Crippen molar-refractivity contribution in [2.24, 2.45) is 0 Å². The van der Waals surface area contributed by atoms with Crippen LogP contribution < -0.4 is 11.2 Å². The minimum atomic E-state index is -0.470. The fourth-order valence-corrected chi connectivity index (χ4v) is 3.54. The summed E-state index contributed by atoms with van der Waals surface area (Å²) in [6, 6.07) is 4.62. The van der Waals surface area contributed by atoms with Crippen molar-refractivity contribution in [3.8, 4) is 11.4 Å². The van der Waals surface area contributed by atoms with Crippen LogP contribution in [-0.2, 0) is 19.6 Å². The van der Waals surface area contributed by atoms with Gasteiger partial charge in [0.15, 0.2) is 11.2 Å². The number of aromatic amines is 1. The first-order valence-electron chi connectivity index (χ1n) is 10.2. The standard InChI is InChI=1S/C20H23FN8O2/c1-4-6-9-28-18-16(19(30)23-20(28)31)27(5-2)15(22-18)11-29-25-17(24-26-29)13-7-8-14(21)12(3)10-13/h7-8,10H,4-6,9,11H2,1-3H3,(H,23,30,31). The van der Waals surface area contributed by atoms with Crippen molar-refractivity contribution in [3.05, 3.63) is 56.2 Å². The molecule has 0 unspecified atom stereocenters. The lowest BCUT2D eigenvalue weighted by molar-refractivity contribution is 0.536. The van der Waals surface area contributed by atoms with E-state index in [2.05, 4.69) is 25.4 Å². The van der Waals surface area contributed by atoms with Gasteiger partial charge in [0.1, 0.15) is 18.2 Å².